The maximum atomic E-state index is 14.0. The van der Waals surface area contributed by atoms with Crippen LogP contribution in [-0.4, -0.2) is 34.7 Å². The zero-order chi connectivity index (χ0) is 18.7. The van der Waals surface area contributed by atoms with E-state index in [1.807, 2.05) is 16.9 Å². The zero-order valence-electron chi connectivity index (χ0n) is 15.3. The number of carbonyl (C=O) groups is 1. The predicted molar refractivity (Wildman–Crippen MR) is 95.2 cm³/mol. The second kappa shape index (κ2) is 7.45. The molecule has 0 aliphatic carbocycles. The molecule has 1 fully saturated rings. The third-order valence-electron chi connectivity index (χ3n) is 4.01. The Morgan fingerprint density at radius 1 is 1.38 bits per heavy atom. The summed E-state index contributed by atoms with van der Waals surface area (Å²) in [5, 5.41) is 7.02. The van der Waals surface area contributed by atoms with E-state index in [1.54, 1.807) is 27.0 Å². The lowest BCUT2D eigenvalue weighted by molar-refractivity contribution is 0.0523. The molecule has 1 saturated heterocycles. The molecule has 0 radical (unpaired) electrons. The summed E-state index contributed by atoms with van der Waals surface area (Å²) in [6, 6.07) is 4.93. The number of hydrogen-bond acceptors (Lipinski definition) is 4. The van der Waals surface area contributed by atoms with E-state index in [2.05, 4.69) is 10.4 Å². The van der Waals surface area contributed by atoms with E-state index in [1.165, 1.54) is 12.1 Å². The molecule has 1 aliphatic heterocycles. The predicted octanol–water partition coefficient (Wildman–Crippen LogP) is 3.68. The van der Waals surface area contributed by atoms with E-state index >= 15 is 0 Å². The number of benzene rings is 1. The standard InChI is InChI=1S/C19H24FN3O3/c1-19(2,3)26-18(24)21-9-13-6-14(8-16(20)7-13)15-10-22-23(11-15)17-4-5-25-12-17/h6-8,10-11,17H,4-5,9,12H2,1-3H3,(H,21,24). The van der Waals surface area contributed by atoms with Crippen molar-refractivity contribution in [2.45, 2.75) is 45.4 Å². The van der Waals surface area contributed by atoms with Gasteiger partial charge in [0.15, 0.2) is 0 Å². The molecule has 1 amide bonds. The summed E-state index contributed by atoms with van der Waals surface area (Å²) in [4.78, 5) is 11.8. The first kappa shape index (κ1) is 18.4. The fourth-order valence-corrected chi connectivity index (χ4v) is 2.83. The number of nitrogens with zero attached hydrogens (tertiary/aromatic N) is 2. The Morgan fingerprint density at radius 3 is 2.88 bits per heavy atom. The molecule has 1 N–H and O–H groups in total. The second-order valence-electron chi connectivity index (χ2n) is 7.43. The van der Waals surface area contributed by atoms with Crippen LogP contribution in [0.1, 0.15) is 38.8 Å². The average Bonchev–Trinajstić information content (AvgIpc) is 3.21. The molecule has 1 unspecified atom stereocenters. The highest BCUT2D eigenvalue weighted by molar-refractivity contribution is 5.68. The Labute approximate surface area is 152 Å². The van der Waals surface area contributed by atoms with Gasteiger partial charge < -0.3 is 14.8 Å². The van der Waals surface area contributed by atoms with Gasteiger partial charge in [0.25, 0.3) is 0 Å². The number of aromatic nitrogens is 2. The van der Waals surface area contributed by atoms with Crippen LogP contribution in [0.4, 0.5) is 9.18 Å². The van der Waals surface area contributed by atoms with E-state index in [9.17, 15) is 9.18 Å². The van der Waals surface area contributed by atoms with Crippen LogP contribution in [0.15, 0.2) is 30.6 Å². The summed E-state index contributed by atoms with van der Waals surface area (Å²) in [6.45, 7) is 6.94. The number of halogens is 1. The van der Waals surface area contributed by atoms with Gasteiger partial charge in [-0.25, -0.2) is 9.18 Å². The van der Waals surface area contributed by atoms with Crippen molar-refractivity contribution in [3.8, 4) is 11.1 Å². The van der Waals surface area contributed by atoms with Crippen LogP contribution in [0.5, 0.6) is 0 Å². The summed E-state index contributed by atoms with van der Waals surface area (Å²) < 4.78 is 26.5. The number of alkyl carbamates (subject to hydrolysis) is 1. The van der Waals surface area contributed by atoms with Gasteiger partial charge in [-0.1, -0.05) is 0 Å². The van der Waals surface area contributed by atoms with Gasteiger partial charge in [0, 0.05) is 24.9 Å². The smallest absolute Gasteiger partial charge is 0.407 e. The molecule has 7 heteroatoms. The van der Waals surface area contributed by atoms with Crippen molar-refractivity contribution in [1.29, 1.82) is 0 Å². The van der Waals surface area contributed by atoms with Crippen molar-refractivity contribution in [2.75, 3.05) is 13.2 Å². The van der Waals surface area contributed by atoms with E-state index in [4.69, 9.17) is 9.47 Å². The van der Waals surface area contributed by atoms with Crippen molar-refractivity contribution in [2.24, 2.45) is 0 Å². The molecule has 1 atom stereocenters. The summed E-state index contributed by atoms with van der Waals surface area (Å²) in [5.74, 6) is -0.361. The molecule has 1 aromatic heterocycles. The normalized spacial score (nSPS) is 17.3. The molecule has 3 rings (SSSR count). The molecule has 2 heterocycles. The Hall–Kier alpha value is -2.41. The van der Waals surface area contributed by atoms with Crippen molar-refractivity contribution >= 4 is 6.09 Å². The Balaban J connectivity index is 1.70. The van der Waals surface area contributed by atoms with E-state index < -0.39 is 11.7 Å². The molecular weight excluding hydrogens is 337 g/mol. The van der Waals surface area contributed by atoms with Gasteiger partial charge in [-0.15, -0.1) is 0 Å². The monoisotopic (exact) mass is 361 g/mol. The first-order chi connectivity index (χ1) is 12.3. The number of rotatable bonds is 4. The zero-order valence-corrected chi connectivity index (χ0v) is 15.3. The second-order valence-corrected chi connectivity index (χ2v) is 7.43. The average molecular weight is 361 g/mol. The van der Waals surface area contributed by atoms with Crippen LogP contribution in [0.2, 0.25) is 0 Å². The Morgan fingerprint density at radius 2 is 2.19 bits per heavy atom. The lowest BCUT2D eigenvalue weighted by atomic mass is 10.1. The first-order valence-electron chi connectivity index (χ1n) is 8.69. The quantitative estimate of drug-likeness (QED) is 0.902. The number of ether oxygens (including phenoxy) is 2. The minimum Gasteiger partial charge on any atom is -0.444 e. The van der Waals surface area contributed by atoms with Crippen molar-refractivity contribution in [3.63, 3.8) is 0 Å². The molecule has 1 aliphatic rings. The molecule has 0 saturated carbocycles. The van der Waals surface area contributed by atoms with Gasteiger partial charge in [-0.05, 0) is 56.5 Å². The van der Waals surface area contributed by atoms with E-state index in [-0.39, 0.29) is 18.4 Å². The summed E-state index contributed by atoms with van der Waals surface area (Å²) in [5.41, 5.74) is 1.63. The largest absolute Gasteiger partial charge is 0.444 e. The highest BCUT2D eigenvalue weighted by Crippen LogP contribution is 2.25. The van der Waals surface area contributed by atoms with Crippen LogP contribution in [0.25, 0.3) is 11.1 Å². The highest BCUT2D eigenvalue weighted by atomic mass is 19.1. The van der Waals surface area contributed by atoms with Gasteiger partial charge in [0.05, 0.1) is 18.8 Å². The third-order valence-corrected chi connectivity index (χ3v) is 4.01. The fraction of sp³-hybridized carbons (Fsp3) is 0.474. The van der Waals surface area contributed by atoms with Crippen LogP contribution < -0.4 is 5.32 Å². The highest BCUT2D eigenvalue weighted by Gasteiger charge is 2.19. The molecule has 6 nitrogen and oxygen atoms in total. The maximum Gasteiger partial charge on any atom is 0.407 e. The Kier molecular flexibility index (Phi) is 5.27. The van der Waals surface area contributed by atoms with Crippen LogP contribution in [0, 0.1) is 5.82 Å². The first-order valence-corrected chi connectivity index (χ1v) is 8.69. The van der Waals surface area contributed by atoms with Gasteiger partial charge in [-0.3, -0.25) is 4.68 Å². The van der Waals surface area contributed by atoms with Crippen molar-refractivity contribution in [3.05, 3.63) is 42.0 Å². The van der Waals surface area contributed by atoms with Gasteiger partial charge in [0.2, 0.25) is 0 Å². The maximum absolute atomic E-state index is 14.0. The number of hydrogen-bond donors (Lipinski definition) is 1. The fourth-order valence-electron chi connectivity index (χ4n) is 2.83. The Bertz CT molecular complexity index is 777. The molecule has 0 bridgehead atoms. The topological polar surface area (TPSA) is 65.4 Å². The third kappa shape index (κ3) is 4.82. The molecule has 26 heavy (non-hydrogen) atoms. The van der Waals surface area contributed by atoms with E-state index in [0.29, 0.717) is 12.2 Å². The SMILES string of the molecule is CC(C)(C)OC(=O)NCc1cc(F)cc(-c2cnn(C3CCOC3)c2)c1. The lowest BCUT2D eigenvalue weighted by Crippen LogP contribution is -2.32. The van der Waals surface area contributed by atoms with Crippen LogP contribution in [0.3, 0.4) is 0 Å². The van der Waals surface area contributed by atoms with Gasteiger partial charge >= 0.3 is 6.09 Å². The van der Waals surface area contributed by atoms with E-state index in [0.717, 1.165) is 24.2 Å². The number of amides is 1. The van der Waals surface area contributed by atoms with Crippen LogP contribution in [-0.2, 0) is 16.0 Å². The van der Waals surface area contributed by atoms with Crippen LogP contribution >= 0.6 is 0 Å². The molecular formula is C19H24FN3O3. The molecule has 0 spiro atoms. The number of nitrogens with one attached hydrogen (secondary N) is 1. The van der Waals surface area contributed by atoms with Crippen molar-refractivity contribution < 1.29 is 18.7 Å². The minimum atomic E-state index is -0.574. The van der Waals surface area contributed by atoms with Gasteiger partial charge in [0.1, 0.15) is 11.4 Å². The van der Waals surface area contributed by atoms with Gasteiger partial charge in [-0.2, -0.15) is 5.10 Å². The lowest BCUT2D eigenvalue weighted by Gasteiger charge is -2.19. The molecule has 140 valence electrons. The summed E-state index contributed by atoms with van der Waals surface area (Å²) >= 11 is 0. The minimum absolute atomic E-state index is 0.185. The van der Waals surface area contributed by atoms with Crippen molar-refractivity contribution in [1.82, 2.24) is 15.1 Å². The molecule has 1 aromatic carbocycles. The summed E-state index contributed by atoms with van der Waals surface area (Å²) in [6.07, 6.45) is 4.02. The summed E-state index contributed by atoms with van der Waals surface area (Å²) in [7, 11) is 0. The number of carbonyl (C=O) groups excluding carboxylic acids is 1. The molecule has 2 aromatic rings.